The van der Waals surface area contributed by atoms with Crippen LogP contribution in [-0.4, -0.2) is 9.55 Å². The molecule has 1 N–H and O–H groups in total. The van der Waals surface area contributed by atoms with Gasteiger partial charge in [0.05, 0.1) is 10.7 Å². The van der Waals surface area contributed by atoms with E-state index in [1.165, 1.54) is 0 Å². The Morgan fingerprint density at radius 1 is 1.43 bits per heavy atom. The van der Waals surface area contributed by atoms with Crippen LogP contribution in [-0.2, 0) is 0 Å². The van der Waals surface area contributed by atoms with Gasteiger partial charge in [-0.1, -0.05) is 11.6 Å². The van der Waals surface area contributed by atoms with Crippen LogP contribution >= 0.6 is 46.4 Å². The summed E-state index contributed by atoms with van der Waals surface area (Å²) in [7, 11) is 0. The van der Waals surface area contributed by atoms with E-state index in [9.17, 15) is 0 Å². The van der Waals surface area contributed by atoms with Crippen molar-refractivity contribution >= 4 is 46.4 Å². The molecule has 0 saturated carbocycles. The molecule has 5 heteroatoms. The van der Waals surface area contributed by atoms with Crippen molar-refractivity contribution in [1.82, 2.24) is 9.55 Å². The Morgan fingerprint density at radius 3 is 2.79 bits per heavy atom. The molecule has 0 aliphatic rings. The number of hydrogen-bond acceptors (Lipinski definition) is 1. The van der Waals surface area contributed by atoms with Crippen molar-refractivity contribution < 1.29 is 0 Å². The second kappa shape index (κ2) is 4.04. The molecular formula is C9H6ClIN2S. The maximum atomic E-state index is 6.11. The summed E-state index contributed by atoms with van der Waals surface area (Å²) in [6.45, 7) is 0. The van der Waals surface area contributed by atoms with Gasteiger partial charge in [-0.15, -0.1) is 0 Å². The topological polar surface area (TPSA) is 20.7 Å². The predicted octanol–water partition coefficient (Wildman–Crippen LogP) is 3.79. The summed E-state index contributed by atoms with van der Waals surface area (Å²) in [6.07, 6.45) is 3.65. The smallest absolute Gasteiger partial charge is 0.181 e. The van der Waals surface area contributed by atoms with Gasteiger partial charge in [0, 0.05) is 16.0 Å². The molecule has 14 heavy (non-hydrogen) atoms. The average molecular weight is 337 g/mol. The summed E-state index contributed by atoms with van der Waals surface area (Å²) in [5.41, 5.74) is 0.901. The molecule has 1 aromatic heterocycles. The van der Waals surface area contributed by atoms with Crippen molar-refractivity contribution in [2.75, 3.05) is 0 Å². The summed E-state index contributed by atoms with van der Waals surface area (Å²) in [4.78, 5) is 2.93. The lowest BCUT2D eigenvalue weighted by Gasteiger charge is -2.04. The Morgan fingerprint density at radius 2 is 2.21 bits per heavy atom. The number of benzene rings is 1. The Bertz CT molecular complexity index is 518. The molecule has 0 aliphatic heterocycles. The first kappa shape index (κ1) is 10.2. The molecule has 0 saturated heterocycles. The lowest BCUT2D eigenvalue weighted by atomic mass is 10.3. The molecule has 0 bridgehead atoms. The van der Waals surface area contributed by atoms with E-state index < -0.39 is 0 Å². The second-order valence-corrected chi connectivity index (χ2v) is 4.77. The minimum atomic E-state index is 0.646. The minimum Gasteiger partial charge on any atom is -0.337 e. The Hall–Kier alpha value is -0.330. The SMILES string of the molecule is S=c1[nH]ccn1-c1ccc(I)cc1Cl. The van der Waals surface area contributed by atoms with Crippen LogP contribution < -0.4 is 0 Å². The summed E-state index contributed by atoms with van der Waals surface area (Å²) < 4.78 is 3.60. The molecule has 0 spiro atoms. The van der Waals surface area contributed by atoms with Gasteiger partial charge in [-0.25, -0.2) is 0 Å². The maximum absolute atomic E-state index is 6.11. The highest BCUT2D eigenvalue weighted by molar-refractivity contribution is 14.1. The van der Waals surface area contributed by atoms with Crippen LogP contribution in [0.5, 0.6) is 0 Å². The van der Waals surface area contributed by atoms with Crippen LogP contribution in [0, 0.1) is 8.34 Å². The van der Waals surface area contributed by atoms with E-state index >= 15 is 0 Å². The number of H-pyrrole nitrogens is 1. The number of rotatable bonds is 1. The maximum Gasteiger partial charge on any atom is 0.181 e. The lowest BCUT2D eigenvalue weighted by Crippen LogP contribution is -1.93. The van der Waals surface area contributed by atoms with Crippen LogP contribution in [0.15, 0.2) is 30.6 Å². The minimum absolute atomic E-state index is 0.646. The van der Waals surface area contributed by atoms with Crippen molar-refractivity contribution in [2.24, 2.45) is 0 Å². The third-order valence-electron chi connectivity index (χ3n) is 1.82. The highest BCUT2D eigenvalue weighted by Crippen LogP contribution is 2.22. The zero-order valence-corrected chi connectivity index (χ0v) is 10.7. The van der Waals surface area contributed by atoms with Crippen molar-refractivity contribution in [3.63, 3.8) is 0 Å². The molecule has 2 aromatic rings. The van der Waals surface area contributed by atoms with Gasteiger partial charge in [0.1, 0.15) is 0 Å². The molecule has 1 heterocycles. The highest BCUT2D eigenvalue weighted by Gasteiger charge is 2.03. The van der Waals surface area contributed by atoms with E-state index in [-0.39, 0.29) is 0 Å². The van der Waals surface area contributed by atoms with E-state index in [0.717, 1.165) is 9.26 Å². The molecule has 2 nitrogen and oxygen atoms in total. The molecular weight excluding hydrogens is 331 g/mol. The van der Waals surface area contributed by atoms with Gasteiger partial charge in [-0.2, -0.15) is 0 Å². The van der Waals surface area contributed by atoms with Crippen molar-refractivity contribution in [1.29, 1.82) is 0 Å². The Balaban J connectivity index is 2.63. The van der Waals surface area contributed by atoms with Gasteiger partial charge in [0.2, 0.25) is 0 Å². The van der Waals surface area contributed by atoms with Gasteiger partial charge in [-0.3, -0.25) is 4.57 Å². The standard InChI is InChI=1S/C9H6ClIN2S/c10-7-5-6(11)1-2-8(7)13-4-3-12-9(13)14/h1-5H,(H,12,14). The van der Waals surface area contributed by atoms with E-state index in [0.29, 0.717) is 9.79 Å². The zero-order chi connectivity index (χ0) is 10.1. The molecule has 2 rings (SSSR count). The number of aromatic nitrogens is 2. The molecule has 0 amide bonds. The van der Waals surface area contributed by atoms with E-state index in [2.05, 4.69) is 27.6 Å². The van der Waals surface area contributed by atoms with Gasteiger partial charge < -0.3 is 4.98 Å². The van der Waals surface area contributed by atoms with Gasteiger partial charge in [0.15, 0.2) is 4.77 Å². The largest absolute Gasteiger partial charge is 0.337 e. The summed E-state index contributed by atoms with van der Waals surface area (Å²) in [5.74, 6) is 0. The van der Waals surface area contributed by atoms with E-state index in [1.54, 1.807) is 6.20 Å². The Labute approximate surface area is 105 Å². The van der Waals surface area contributed by atoms with Gasteiger partial charge >= 0.3 is 0 Å². The van der Waals surface area contributed by atoms with Crippen LogP contribution in [0.1, 0.15) is 0 Å². The van der Waals surface area contributed by atoms with Crippen LogP contribution in [0.3, 0.4) is 0 Å². The van der Waals surface area contributed by atoms with Crippen molar-refractivity contribution in [2.45, 2.75) is 0 Å². The molecule has 0 unspecified atom stereocenters. The second-order valence-electron chi connectivity index (χ2n) is 2.73. The summed E-state index contributed by atoms with van der Waals surface area (Å²) in [6, 6.07) is 5.86. The van der Waals surface area contributed by atoms with E-state index in [1.807, 2.05) is 29.0 Å². The molecule has 72 valence electrons. The third-order valence-corrected chi connectivity index (χ3v) is 3.11. The molecule has 0 fully saturated rings. The van der Waals surface area contributed by atoms with Gasteiger partial charge in [0.25, 0.3) is 0 Å². The normalized spacial score (nSPS) is 10.4. The van der Waals surface area contributed by atoms with Gasteiger partial charge in [-0.05, 0) is 53.0 Å². The monoisotopic (exact) mass is 336 g/mol. The number of aromatic amines is 1. The fraction of sp³-hybridized carbons (Fsp3) is 0. The fourth-order valence-electron chi connectivity index (χ4n) is 1.19. The summed E-state index contributed by atoms with van der Waals surface area (Å²) >= 11 is 13.4. The third kappa shape index (κ3) is 1.87. The quantitative estimate of drug-likeness (QED) is 0.621. The number of nitrogens with zero attached hydrogens (tertiary/aromatic N) is 1. The first-order valence-electron chi connectivity index (χ1n) is 3.90. The highest BCUT2D eigenvalue weighted by atomic mass is 127. The molecule has 0 atom stereocenters. The van der Waals surface area contributed by atoms with Crippen LogP contribution in [0.25, 0.3) is 5.69 Å². The first-order valence-corrected chi connectivity index (χ1v) is 5.76. The number of nitrogens with one attached hydrogen (secondary N) is 1. The lowest BCUT2D eigenvalue weighted by molar-refractivity contribution is 1.03. The van der Waals surface area contributed by atoms with Crippen molar-refractivity contribution in [3.8, 4) is 5.69 Å². The number of imidazole rings is 1. The predicted molar refractivity (Wildman–Crippen MR) is 68.7 cm³/mol. The summed E-state index contributed by atoms with van der Waals surface area (Å²) in [5, 5.41) is 0.701. The fourth-order valence-corrected chi connectivity index (χ4v) is 2.36. The number of halogens is 2. The molecule has 1 aromatic carbocycles. The average Bonchev–Trinajstić information content (AvgIpc) is 2.52. The van der Waals surface area contributed by atoms with E-state index in [4.69, 9.17) is 23.8 Å². The number of hydrogen-bond donors (Lipinski definition) is 1. The van der Waals surface area contributed by atoms with Crippen LogP contribution in [0.4, 0.5) is 0 Å². The van der Waals surface area contributed by atoms with Crippen molar-refractivity contribution in [3.05, 3.63) is 44.0 Å². The zero-order valence-electron chi connectivity index (χ0n) is 7.00. The molecule has 0 radical (unpaired) electrons. The molecule has 0 aliphatic carbocycles. The van der Waals surface area contributed by atoms with Crippen LogP contribution in [0.2, 0.25) is 5.02 Å². The Kier molecular flexibility index (Phi) is 2.94. The first-order chi connectivity index (χ1) is 6.68.